The number of thioether (sulfide) groups is 1. The molecule has 10 N–H and O–H groups in total. The summed E-state index contributed by atoms with van der Waals surface area (Å²) in [5, 5.41) is 26.6. The molecule has 2 aliphatic heterocycles. The summed E-state index contributed by atoms with van der Waals surface area (Å²) in [5.41, 5.74) is 4.27. The number of nitrogen functional groups attached to an aromatic ring is 1. The number of phosphoric acid groups is 3. The van der Waals surface area contributed by atoms with E-state index in [2.05, 4.69) is 90.0 Å². The number of hydrogen-bond donors (Lipinski definition) is 9. The van der Waals surface area contributed by atoms with Gasteiger partial charge in [-0.2, -0.15) is 4.31 Å². The van der Waals surface area contributed by atoms with E-state index in [1.807, 2.05) is 12.2 Å². The van der Waals surface area contributed by atoms with Crippen molar-refractivity contribution in [1.29, 1.82) is 0 Å². The summed E-state index contributed by atoms with van der Waals surface area (Å²) in [6, 6.07) is 0. The second-order valence-corrected chi connectivity index (χ2v) is 22.4. The van der Waals surface area contributed by atoms with Gasteiger partial charge in [-0.05, 0) is 44.9 Å². The molecule has 9 unspecified atom stereocenters. The van der Waals surface area contributed by atoms with Crippen LogP contribution in [-0.2, 0) is 55.4 Å². The monoisotopic (exact) mass is 1090 g/mol. The zero-order valence-electron chi connectivity index (χ0n) is 40.1. The van der Waals surface area contributed by atoms with Crippen LogP contribution in [0.5, 0.6) is 0 Å². The Bertz CT molecular complexity index is 2400. The average Bonchev–Trinajstić information content (AvgIpc) is 3.79. The molecule has 2 aromatic heterocycles. The van der Waals surface area contributed by atoms with E-state index in [-0.39, 0.29) is 41.6 Å². The smallest absolute Gasteiger partial charge is 0.386 e. The lowest BCUT2D eigenvalue weighted by molar-refractivity contribution is -0.137. The van der Waals surface area contributed by atoms with Crippen LogP contribution in [0, 0.1) is 5.41 Å². The third-order valence-corrected chi connectivity index (χ3v) is 14.6. The number of anilines is 1. The number of ether oxygens (including phenoxy) is 2. The molecule has 0 bridgehead atoms. The molecule has 0 spiro atoms. The van der Waals surface area contributed by atoms with Crippen LogP contribution in [0.4, 0.5) is 5.82 Å². The SMILES string of the molecule is CC/C=C/CC1OC1C/C=C/C/C=C/C/C=C/C/C=C/CCC(=O)SCCNC(=O)CCNC(=O)C(O)C(C)(C)COP(=O)(O)OP(=O)(O)OCC1OC(n2cnc3c(N)ncnc32)C(O)C1OP(=O)(O)O. The molecular weight excluding hydrogens is 1030 g/mol. The number of nitrogens with one attached hydrogen (secondary N) is 2. The van der Waals surface area contributed by atoms with E-state index in [0.29, 0.717) is 30.8 Å². The lowest BCUT2D eigenvalue weighted by Crippen LogP contribution is -2.46. The number of aliphatic hydroxyl groups excluding tert-OH is 2. The van der Waals surface area contributed by atoms with Crippen LogP contribution >= 0.6 is 35.2 Å². The first kappa shape index (κ1) is 60.8. The number of aromatic nitrogens is 4. The van der Waals surface area contributed by atoms with Crippen LogP contribution in [0.15, 0.2) is 73.4 Å². The molecule has 402 valence electrons. The highest BCUT2D eigenvalue weighted by Crippen LogP contribution is 2.61. The fourth-order valence-electron chi connectivity index (χ4n) is 6.72. The van der Waals surface area contributed by atoms with Gasteiger partial charge in [0, 0.05) is 37.1 Å². The zero-order chi connectivity index (χ0) is 53.0. The van der Waals surface area contributed by atoms with E-state index in [0.717, 1.165) is 67.5 Å². The number of epoxide rings is 1. The molecule has 2 fully saturated rings. The molecule has 9 atom stereocenters. The lowest BCUT2D eigenvalue weighted by Gasteiger charge is -2.30. The molecule has 4 heterocycles. The first-order chi connectivity index (χ1) is 34.0. The second kappa shape index (κ2) is 29.3. The summed E-state index contributed by atoms with van der Waals surface area (Å²) in [7, 11) is -16.4. The largest absolute Gasteiger partial charge is 0.481 e. The Morgan fingerprint density at radius 1 is 0.847 bits per heavy atom. The van der Waals surface area contributed by atoms with Gasteiger partial charge in [0.05, 0.1) is 31.7 Å². The number of carbonyl (C=O) groups excluding carboxylic acids is 3. The van der Waals surface area contributed by atoms with Crippen molar-refractivity contribution in [3.63, 3.8) is 0 Å². The van der Waals surface area contributed by atoms with Gasteiger partial charge in [-0.15, -0.1) is 0 Å². The van der Waals surface area contributed by atoms with Gasteiger partial charge < -0.3 is 55.6 Å². The van der Waals surface area contributed by atoms with E-state index in [9.17, 15) is 57.9 Å². The minimum atomic E-state index is -5.59. The fraction of sp³-hybridized carbons (Fsp3) is 0.581. The topological polar surface area (TPSA) is 376 Å². The van der Waals surface area contributed by atoms with Crippen LogP contribution < -0.4 is 16.4 Å². The molecule has 2 aliphatic rings. The van der Waals surface area contributed by atoms with Gasteiger partial charge in [0.25, 0.3) is 0 Å². The van der Waals surface area contributed by atoms with Crippen LogP contribution in [0.1, 0.15) is 84.8 Å². The molecule has 29 heteroatoms. The quantitative estimate of drug-likeness (QED) is 0.0207. The zero-order valence-corrected chi connectivity index (χ0v) is 43.6. The maximum atomic E-state index is 12.8. The summed E-state index contributed by atoms with van der Waals surface area (Å²) in [6.07, 6.45) is 21.3. The molecule has 0 radical (unpaired) electrons. The van der Waals surface area contributed by atoms with Crippen molar-refractivity contribution in [1.82, 2.24) is 30.2 Å². The van der Waals surface area contributed by atoms with Gasteiger partial charge >= 0.3 is 23.5 Å². The summed E-state index contributed by atoms with van der Waals surface area (Å²) < 4.78 is 68.1. The molecule has 72 heavy (non-hydrogen) atoms. The lowest BCUT2D eigenvalue weighted by atomic mass is 9.87. The van der Waals surface area contributed by atoms with Crippen LogP contribution in [0.3, 0.4) is 0 Å². The first-order valence-electron chi connectivity index (χ1n) is 23.0. The van der Waals surface area contributed by atoms with E-state index in [1.54, 1.807) is 0 Å². The molecule has 4 rings (SSSR count). The van der Waals surface area contributed by atoms with Crippen molar-refractivity contribution in [2.24, 2.45) is 5.41 Å². The number of allylic oxidation sites excluding steroid dienone is 8. The molecular formula is C43H66N7O18P3S. The maximum Gasteiger partial charge on any atom is 0.481 e. The van der Waals surface area contributed by atoms with E-state index in [4.69, 9.17) is 24.3 Å². The normalized spacial score (nSPS) is 22.9. The van der Waals surface area contributed by atoms with Crippen LogP contribution in [0.25, 0.3) is 11.2 Å². The van der Waals surface area contributed by atoms with Crippen LogP contribution in [-0.4, -0.2) is 135 Å². The minimum Gasteiger partial charge on any atom is -0.386 e. The van der Waals surface area contributed by atoms with Crippen molar-refractivity contribution in [2.45, 2.75) is 121 Å². The number of nitrogens with zero attached hydrogens (tertiary/aromatic N) is 4. The molecule has 0 aromatic carbocycles. The highest BCUT2D eigenvalue weighted by molar-refractivity contribution is 8.13. The highest BCUT2D eigenvalue weighted by atomic mass is 32.2. The van der Waals surface area contributed by atoms with Gasteiger partial charge in [-0.1, -0.05) is 93.3 Å². The third-order valence-electron chi connectivity index (χ3n) is 10.6. The van der Waals surface area contributed by atoms with E-state index < -0.39 is 84.6 Å². The second-order valence-electron chi connectivity index (χ2n) is 17.0. The number of nitrogens with two attached hydrogens (primary N) is 1. The van der Waals surface area contributed by atoms with Crippen molar-refractivity contribution >= 4 is 69.1 Å². The van der Waals surface area contributed by atoms with E-state index >= 15 is 0 Å². The number of phosphoric ester groups is 3. The van der Waals surface area contributed by atoms with Crippen LogP contribution in [0.2, 0.25) is 0 Å². The minimum absolute atomic E-state index is 0.0193. The molecule has 2 aromatic rings. The number of hydrogen-bond acceptors (Lipinski definition) is 19. The number of aliphatic hydroxyl groups is 2. The van der Waals surface area contributed by atoms with Gasteiger partial charge in [-0.3, -0.25) is 32.5 Å². The third kappa shape index (κ3) is 21.6. The number of rotatable bonds is 33. The van der Waals surface area contributed by atoms with Crippen molar-refractivity contribution in [3.8, 4) is 0 Å². The average molecular weight is 1090 g/mol. The fourth-order valence-corrected chi connectivity index (χ4v) is 10.2. The van der Waals surface area contributed by atoms with Gasteiger partial charge in [0.15, 0.2) is 22.8 Å². The summed E-state index contributed by atoms with van der Waals surface area (Å²) in [5.74, 6) is -1.12. The predicted molar refractivity (Wildman–Crippen MR) is 264 cm³/mol. The Kier molecular flexibility index (Phi) is 24.8. The first-order valence-corrected chi connectivity index (χ1v) is 28.5. The maximum absolute atomic E-state index is 12.8. The Balaban J connectivity index is 1.05. The molecule has 0 aliphatic carbocycles. The number of amides is 2. The van der Waals surface area contributed by atoms with E-state index in [1.165, 1.54) is 13.8 Å². The standard InChI is InChI=1S/C43H66N7O18P3S/c1-4-5-16-19-30-31(65-30)20-17-14-12-10-8-6-7-9-11-13-15-18-21-34(52)72-25-24-45-33(51)22-23-46-41(55)38(54)43(2,3)27-64-71(61,62)68-70(59,60)63-26-32-37(67-69(56,57)58)36(53)42(66-32)50-29-49-35-39(44)47-28-48-40(35)50/h5,7-10,13-17,28-32,36-38,42,53-54H,4,6,11-12,18-27H2,1-3H3,(H,45,51)(H,46,55)(H,59,60)(H,61,62)(H2,44,47,48)(H2,56,57,58)/b9-7+,10-8+,15-13+,16-5+,17-14+. The molecule has 2 saturated heterocycles. The van der Waals surface area contributed by atoms with Gasteiger partial charge in [0.2, 0.25) is 11.8 Å². The van der Waals surface area contributed by atoms with Gasteiger partial charge in [0.1, 0.15) is 36.3 Å². The summed E-state index contributed by atoms with van der Waals surface area (Å²) in [4.78, 5) is 88.4. The Morgan fingerprint density at radius 2 is 1.47 bits per heavy atom. The summed E-state index contributed by atoms with van der Waals surface area (Å²) >= 11 is 1.09. The molecule has 2 amide bonds. The molecule has 0 saturated carbocycles. The van der Waals surface area contributed by atoms with Crippen molar-refractivity contribution in [2.75, 3.05) is 37.8 Å². The van der Waals surface area contributed by atoms with Crippen molar-refractivity contribution < 1.29 is 85.2 Å². The Hall–Kier alpha value is -3.78. The number of imidazole rings is 1. The Morgan fingerprint density at radius 3 is 2.12 bits per heavy atom. The summed E-state index contributed by atoms with van der Waals surface area (Å²) in [6.45, 7) is 2.60. The van der Waals surface area contributed by atoms with Gasteiger partial charge in [-0.25, -0.2) is 28.6 Å². The Labute approximate surface area is 421 Å². The molecule has 25 nitrogen and oxygen atoms in total. The number of fused-ring (bicyclic) bond motifs is 1. The van der Waals surface area contributed by atoms with Crippen molar-refractivity contribution in [3.05, 3.63) is 73.4 Å². The predicted octanol–water partition coefficient (Wildman–Crippen LogP) is 4.35. The highest BCUT2D eigenvalue weighted by Gasteiger charge is 2.50. The number of carbonyl (C=O) groups is 3.